The lowest BCUT2D eigenvalue weighted by molar-refractivity contribution is -0.143. The summed E-state index contributed by atoms with van der Waals surface area (Å²) >= 11 is 0. The van der Waals surface area contributed by atoms with Gasteiger partial charge in [-0.05, 0) is 37.5 Å². The SMILES string of the molecule is Cc1ccn2cc(C(=O)NCC3(C(=O)O)CC3)nc2c1. The van der Waals surface area contributed by atoms with Gasteiger partial charge in [0.15, 0.2) is 0 Å². The molecule has 0 aromatic carbocycles. The van der Waals surface area contributed by atoms with Crippen molar-refractivity contribution < 1.29 is 14.7 Å². The Morgan fingerprint density at radius 1 is 1.50 bits per heavy atom. The number of aryl methyl sites for hydroxylation is 1. The summed E-state index contributed by atoms with van der Waals surface area (Å²) in [6, 6.07) is 3.82. The third-order valence-electron chi connectivity index (χ3n) is 3.74. The fraction of sp³-hybridized carbons (Fsp3) is 0.357. The fourth-order valence-corrected chi connectivity index (χ4v) is 2.15. The molecule has 6 nitrogen and oxygen atoms in total. The number of carbonyl (C=O) groups is 2. The summed E-state index contributed by atoms with van der Waals surface area (Å²) in [6.45, 7) is 2.12. The first kappa shape index (κ1) is 12.7. The van der Waals surface area contributed by atoms with Crippen molar-refractivity contribution in [3.63, 3.8) is 0 Å². The molecule has 2 heterocycles. The van der Waals surface area contributed by atoms with Crippen LogP contribution < -0.4 is 5.32 Å². The van der Waals surface area contributed by atoms with Gasteiger partial charge in [0, 0.05) is 18.9 Å². The predicted octanol–water partition coefficient (Wildman–Crippen LogP) is 1.24. The summed E-state index contributed by atoms with van der Waals surface area (Å²) in [5, 5.41) is 11.7. The zero-order valence-electron chi connectivity index (χ0n) is 11.1. The van der Waals surface area contributed by atoms with Crippen molar-refractivity contribution in [2.45, 2.75) is 19.8 Å². The maximum atomic E-state index is 12.0. The minimum atomic E-state index is -0.844. The predicted molar refractivity (Wildman–Crippen MR) is 71.6 cm³/mol. The summed E-state index contributed by atoms with van der Waals surface area (Å²) in [7, 11) is 0. The Kier molecular flexibility index (Phi) is 2.74. The van der Waals surface area contributed by atoms with Crippen LogP contribution in [-0.2, 0) is 4.79 Å². The highest BCUT2D eigenvalue weighted by atomic mass is 16.4. The molecular formula is C14H15N3O3. The second-order valence-electron chi connectivity index (χ2n) is 5.36. The molecule has 1 aliphatic carbocycles. The smallest absolute Gasteiger partial charge is 0.311 e. The Morgan fingerprint density at radius 3 is 2.90 bits per heavy atom. The van der Waals surface area contributed by atoms with Gasteiger partial charge >= 0.3 is 5.97 Å². The third kappa shape index (κ3) is 2.13. The molecule has 2 aromatic heterocycles. The standard InChI is InChI=1S/C14H15N3O3/c1-9-2-5-17-7-10(16-11(17)6-9)12(18)15-8-14(3-4-14)13(19)20/h2,5-7H,3-4,8H2,1H3,(H,15,18)(H,19,20). The van der Waals surface area contributed by atoms with E-state index in [4.69, 9.17) is 5.11 Å². The van der Waals surface area contributed by atoms with Gasteiger partial charge in [-0.1, -0.05) is 0 Å². The van der Waals surface area contributed by atoms with Gasteiger partial charge in [0.05, 0.1) is 5.41 Å². The number of pyridine rings is 1. The van der Waals surface area contributed by atoms with Crippen LogP contribution in [0.1, 0.15) is 28.9 Å². The molecule has 1 aliphatic rings. The molecule has 6 heteroatoms. The number of carbonyl (C=O) groups excluding carboxylic acids is 1. The lowest BCUT2D eigenvalue weighted by Crippen LogP contribution is -2.34. The molecule has 104 valence electrons. The Bertz CT molecular complexity index is 701. The molecule has 2 N–H and O–H groups in total. The molecule has 3 rings (SSSR count). The van der Waals surface area contributed by atoms with Crippen LogP contribution in [-0.4, -0.2) is 32.9 Å². The van der Waals surface area contributed by atoms with E-state index in [1.807, 2.05) is 25.3 Å². The highest BCUT2D eigenvalue weighted by Crippen LogP contribution is 2.45. The van der Waals surface area contributed by atoms with Crippen molar-refractivity contribution in [1.82, 2.24) is 14.7 Å². The molecule has 1 amide bonds. The quantitative estimate of drug-likeness (QED) is 0.877. The Balaban J connectivity index is 1.74. The minimum Gasteiger partial charge on any atom is -0.481 e. The van der Waals surface area contributed by atoms with Crippen LogP contribution in [0, 0.1) is 12.3 Å². The summed E-state index contributed by atoms with van der Waals surface area (Å²) in [5.41, 5.74) is 1.31. The molecule has 1 fully saturated rings. The Morgan fingerprint density at radius 2 is 2.25 bits per heavy atom. The number of aromatic nitrogens is 2. The molecule has 0 unspecified atom stereocenters. The van der Waals surface area contributed by atoms with Crippen LogP contribution in [0.3, 0.4) is 0 Å². The molecule has 0 bridgehead atoms. The number of nitrogens with zero attached hydrogens (tertiary/aromatic N) is 2. The third-order valence-corrected chi connectivity index (χ3v) is 3.74. The molecular weight excluding hydrogens is 258 g/mol. The number of imidazole rings is 1. The van der Waals surface area contributed by atoms with Crippen LogP contribution >= 0.6 is 0 Å². The number of amides is 1. The molecule has 0 spiro atoms. The van der Waals surface area contributed by atoms with E-state index in [1.54, 1.807) is 10.6 Å². The van der Waals surface area contributed by atoms with E-state index in [0.29, 0.717) is 24.2 Å². The van der Waals surface area contributed by atoms with Crippen molar-refractivity contribution in [2.75, 3.05) is 6.54 Å². The topological polar surface area (TPSA) is 83.7 Å². The molecule has 20 heavy (non-hydrogen) atoms. The van der Waals surface area contributed by atoms with Gasteiger partial charge in [-0.25, -0.2) is 4.98 Å². The number of carboxylic acid groups (broad SMARTS) is 1. The van der Waals surface area contributed by atoms with E-state index in [9.17, 15) is 9.59 Å². The molecule has 0 atom stereocenters. The monoisotopic (exact) mass is 273 g/mol. The van der Waals surface area contributed by atoms with E-state index < -0.39 is 11.4 Å². The zero-order chi connectivity index (χ0) is 14.3. The first-order valence-electron chi connectivity index (χ1n) is 6.47. The number of hydrogen-bond donors (Lipinski definition) is 2. The average Bonchev–Trinajstić information content (AvgIpc) is 3.09. The Labute approximate surface area is 115 Å². The largest absolute Gasteiger partial charge is 0.481 e. The maximum absolute atomic E-state index is 12.0. The van der Waals surface area contributed by atoms with E-state index in [0.717, 1.165) is 5.56 Å². The van der Waals surface area contributed by atoms with E-state index in [2.05, 4.69) is 10.3 Å². The summed E-state index contributed by atoms with van der Waals surface area (Å²) in [4.78, 5) is 27.3. The maximum Gasteiger partial charge on any atom is 0.311 e. The molecule has 0 radical (unpaired) electrons. The van der Waals surface area contributed by atoms with E-state index in [1.165, 1.54) is 0 Å². The summed E-state index contributed by atoms with van der Waals surface area (Å²) in [6.07, 6.45) is 4.72. The van der Waals surface area contributed by atoms with Crippen LogP contribution in [0.15, 0.2) is 24.5 Å². The highest BCUT2D eigenvalue weighted by Gasteiger charge is 2.50. The number of aliphatic carboxylic acids is 1. The van der Waals surface area contributed by atoms with Crippen molar-refractivity contribution in [3.8, 4) is 0 Å². The van der Waals surface area contributed by atoms with Gasteiger partial charge in [-0.15, -0.1) is 0 Å². The van der Waals surface area contributed by atoms with Crippen LogP contribution in [0.2, 0.25) is 0 Å². The Hall–Kier alpha value is -2.37. The lowest BCUT2D eigenvalue weighted by Gasteiger charge is -2.09. The van der Waals surface area contributed by atoms with Gasteiger partial charge in [0.2, 0.25) is 0 Å². The zero-order valence-corrected chi connectivity index (χ0v) is 11.1. The second kappa shape index (κ2) is 4.33. The van der Waals surface area contributed by atoms with E-state index in [-0.39, 0.29) is 12.5 Å². The van der Waals surface area contributed by atoms with Gasteiger partial charge < -0.3 is 14.8 Å². The average molecular weight is 273 g/mol. The van der Waals surface area contributed by atoms with Gasteiger partial charge in [0.25, 0.3) is 5.91 Å². The number of fused-ring (bicyclic) bond motifs is 1. The summed E-state index contributed by atoms with van der Waals surface area (Å²) in [5.74, 6) is -1.18. The molecule has 0 saturated heterocycles. The van der Waals surface area contributed by atoms with Gasteiger partial charge in [-0.2, -0.15) is 0 Å². The minimum absolute atomic E-state index is 0.161. The normalized spacial score (nSPS) is 16.1. The van der Waals surface area contributed by atoms with Crippen molar-refractivity contribution in [3.05, 3.63) is 35.8 Å². The van der Waals surface area contributed by atoms with Gasteiger partial charge in [-0.3, -0.25) is 9.59 Å². The first-order chi connectivity index (χ1) is 9.50. The molecule has 2 aromatic rings. The van der Waals surface area contributed by atoms with Crippen molar-refractivity contribution in [1.29, 1.82) is 0 Å². The van der Waals surface area contributed by atoms with Crippen LogP contribution in [0.5, 0.6) is 0 Å². The number of rotatable bonds is 4. The van der Waals surface area contributed by atoms with Crippen LogP contribution in [0.4, 0.5) is 0 Å². The van der Waals surface area contributed by atoms with Crippen LogP contribution in [0.25, 0.3) is 5.65 Å². The number of carboxylic acids is 1. The number of nitrogens with one attached hydrogen (secondary N) is 1. The number of hydrogen-bond acceptors (Lipinski definition) is 3. The van der Waals surface area contributed by atoms with Crippen molar-refractivity contribution >= 4 is 17.5 Å². The summed E-state index contributed by atoms with van der Waals surface area (Å²) < 4.78 is 1.77. The van der Waals surface area contributed by atoms with Gasteiger partial charge in [0.1, 0.15) is 11.3 Å². The molecule has 1 saturated carbocycles. The van der Waals surface area contributed by atoms with Crippen molar-refractivity contribution in [2.24, 2.45) is 5.41 Å². The first-order valence-corrected chi connectivity index (χ1v) is 6.47. The molecule has 0 aliphatic heterocycles. The lowest BCUT2D eigenvalue weighted by atomic mass is 10.1. The second-order valence-corrected chi connectivity index (χ2v) is 5.36. The fourth-order valence-electron chi connectivity index (χ4n) is 2.15. The highest BCUT2D eigenvalue weighted by molar-refractivity contribution is 5.93. The van der Waals surface area contributed by atoms with E-state index >= 15 is 0 Å².